The van der Waals surface area contributed by atoms with Crippen molar-refractivity contribution in [1.29, 1.82) is 0 Å². The number of unbranched alkanes of at least 4 members (excludes halogenated alkanes) is 1. The predicted octanol–water partition coefficient (Wildman–Crippen LogP) is 3.78. The number of hydroxylamine groups is 1. The summed E-state index contributed by atoms with van der Waals surface area (Å²) in [5, 5.41) is 11.3. The number of carbonyl (C=O) groups is 2. The molecule has 0 aliphatic heterocycles. The van der Waals surface area contributed by atoms with Crippen molar-refractivity contribution < 1.29 is 19.2 Å². The lowest BCUT2D eigenvalue weighted by atomic mass is 10.1. The maximum atomic E-state index is 13.3. The molecule has 0 unspecified atom stereocenters. The number of urea groups is 1. The van der Waals surface area contributed by atoms with Gasteiger partial charge in [-0.25, -0.2) is 14.7 Å². The molecule has 2 rings (SSSR count). The number of hydrogen-bond donors (Lipinski definition) is 3. The van der Waals surface area contributed by atoms with Crippen molar-refractivity contribution in [1.82, 2.24) is 10.4 Å². The zero-order valence-electron chi connectivity index (χ0n) is 14.5. The molecule has 0 saturated carbocycles. The molecule has 2 aromatic rings. The third kappa shape index (κ3) is 5.56. The minimum atomic E-state index is -0.594. The van der Waals surface area contributed by atoms with Crippen LogP contribution in [0.25, 0.3) is 0 Å². The van der Waals surface area contributed by atoms with Crippen LogP contribution in [0.3, 0.4) is 0 Å². The first-order valence-corrected chi connectivity index (χ1v) is 8.38. The molecule has 0 fully saturated rings. The molecule has 0 aliphatic rings. The van der Waals surface area contributed by atoms with Gasteiger partial charge in [-0.1, -0.05) is 31.5 Å². The Kier molecular flexibility index (Phi) is 7.11. The number of amides is 3. The SMILES string of the molecule is CCCCN(Cc1ccc(C(=O)NO)cc1)C(=O)Nc1cccc(F)c1. The number of hydrogen-bond acceptors (Lipinski definition) is 3. The van der Waals surface area contributed by atoms with Crippen LogP contribution >= 0.6 is 0 Å². The number of nitrogens with zero attached hydrogens (tertiary/aromatic N) is 1. The number of carbonyl (C=O) groups excluding carboxylic acids is 2. The summed E-state index contributed by atoms with van der Waals surface area (Å²) in [7, 11) is 0. The van der Waals surface area contributed by atoms with E-state index in [0.29, 0.717) is 24.3 Å². The fourth-order valence-corrected chi connectivity index (χ4v) is 2.42. The summed E-state index contributed by atoms with van der Waals surface area (Å²) in [4.78, 5) is 25.5. The monoisotopic (exact) mass is 359 g/mol. The van der Waals surface area contributed by atoms with Gasteiger partial charge >= 0.3 is 6.03 Å². The zero-order chi connectivity index (χ0) is 18.9. The minimum Gasteiger partial charge on any atom is -0.320 e. The van der Waals surface area contributed by atoms with E-state index in [1.807, 2.05) is 6.92 Å². The predicted molar refractivity (Wildman–Crippen MR) is 96.4 cm³/mol. The third-order valence-electron chi connectivity index (χ3n) is 3.84. The van der Waals surface area contributed by atoms with E-state index >= 15 is 0 Å². The van der Waals surface area contributed by atoms with E-state index in [4.69, 9.17) is 5.21 Å². The molecule has 26 heavy (non-hydrogen) atoms. The highest BCUT2D eigenvalue weighted by atomic mass is 19.1. The molecule has 3 amide bonds. The van der Waals surface area contributed by atoms with Gasteiger partial charge in [0.05, 0.1) is 0 Å². The highest BCUT2D eigenvalue weighted by Crippen LogP contribution is 2.13. The van der Waals surface area contributed by atoms with Gasteiger partial charge in [0.2, 0.25) is 0 Å². The van der Waals surface area contributed by atoms with Crippen LogP contribution in [0.1, 0.15) is 35.7 Å². The first kappa shape index (κ1) is 19.4. The Labute approximate surface area is 151 Å². The molecule has 0 aromatic heterocycles. The molecule has 138 valence electrons. The van der Waals surface area contributed by atoms with Gasteiger partial charge in [-0.3, -0.25) is 10.0 Å². The van der Waals surface area contributed by atoms with Crippen molar-refractivity contribution in [3.63, 3.8) is 0 Å². The van der Waals surface area contributed by atoms with Gasteiger partial charge in [0, 0.05) is 24.3 Å². The second kappa shape index (κ2) is 9.53. The first-order chi connectivity index (χ1) is 12.5. The van der Waals surface area contributed by atoms with Crippen molar-refractivity contribution in [2.75, 3.05) is 11.9 Å². The van der Waals surface area contributed by atoms with Crippen LogP contribution in [0, 0.1) is 5.82 Å². The molecule has 0 saturated heterocycles. The van der Waals surface area contributed by atoms with Crippen molar-refractivity contribution >= 4 is 17.6 Å². The second-order valence-electron chi connectivity index (χ2n) is 5.85. The van der Waals surface area contributed by atoms with E-state index < -0.39 is 11.7 Å². The van der Waals surface area contributed by atoms with Gasteiger partial charge in [-0.15, -0.1) is 0 Å². The number of nitrogens with one attached hydrogen (secondary N) is 2. The van der Waals surface area contributed by atoms with Crippen LogP contribution in [0.5, 0.6) is 0 Å². The highest BCUT2D eigenvalue weighted by Gasteiger charge is 2.14. The minimum absolute atomic E-state index is 0.318. The maximum absolute atomic E-state index is 13.3. The van der Waals surface area contributed by atoms with E-state index in [0.717, 1.165) is 18.4 Å². The molecule has 0 atom stereocenters. The average Bonchev–Trinajstić information content (AvgIpc) is 2.65. The van der Waals surface area contributed by atoms with Crippen molar-refractivity contribution in [2.24, 2.45) is 0 Å². The quantitative estimate of drug-likeness (QED) is 0.520. The average molecular weight is 359 g/mol. The van der Waals surface area contributed by atoms with E-state index in [1.54, 1.807) is 40.7 Å². The van der Waals surface area contributed by atoms with Crippen molar-refractivity contribution in [3.05, 3.63) is 65.5 Å². The van der Waals surface area contributed by atoms with Crippen LogP contribution < -0.4 is 10.8 Å². The fourth-order valence-electron chi connectivity index (χ4n) is 2.42. The molecule has 0 heterocycles. The molecule has 6 nitrogen and oxygen atoms in total. The highest BCUT2D eigenvalue weighted by molar-refractivity contribution is 5.93. The third-order valence-corrected chi connectivity index (χ3v) is 3.84. The van der Waals surface area contributed by atoms with Gasteiger partial charge in [-0.2, -0.15) is 0 Å². The van der Waals surface area contributed by atoms with Crippen molar-refractivity contribution in [3.8, 4) is 0 Å². The number of rotatable bonds is 7. The molecule has 3 N–H and O–H groups in total. The van der Waals surface area contributed by atoms with Gasteiger partial charge in [0.1, 0.15) is 5.82 Å². The lowest BCUT2D eigenvalue weighted by Crippen LogP contribution is -2.35. The van der Waals surface area contributed by atoms with Crippen LogP contribution in [-0.4, -0.2) is 28.6 Å². The normalized spacial score (nSPS) is 10.3. The van der Waals surface area contributed by atoms with E-state index in [1.165, 1.54) is 18.2 Å². The number of benzene rings is 2. The molecule has 0 bridgehead atoms. The molecule has 0 aliphatic carbocycles. The van der Waals surface area contributed by atoms with E-state index in [9.17, 15) is 14.0 Å². The van der Waals surface area contributed by atoms with Crippen LogP contribution in [0.4, 0.5) is 14.9 Å². The zero-order valence-corrected chi connectivity index (χ0v) is 14.5. The Morgan fingerprint density at radius 2 is 1.88 bits per heavy atom. The van der Waals surface area contributed by atoms with Crippen LogP contribution in [0.2, 0.25) is 0 Å². The summed E-state index contributed by atoms with van der Waals surface area (Å²) in [6, 6.07) is 12.0. The topological polar surface area (TPSA) is 81.7 Å². The summed E-state index contributed by atoms with van der Waals surface area (Å²) >= 11 is 0. The van der Waals surface area contributed by atoms with Gasteiger partial charge in [0.25, 0.3) is 5.91 Å². The Morgan fingerprint density at radius 1 is 1.15 bits per heavy atom. The Morgan fingerprint density at radius 3 is 2.50 bits per heavy atom. The smallest absolute Gasteiger partial charge is 0.320 e. The molecule has 0 radical (unpaired) electrons. The Balaban J connectivity index is 2.08. The number of halogens is 1. The summed E-state index contributed by atoms with van der Waals surface area (Å²) in [5.74, 6) is -1.01. The lowest BCUT2D eigenvalue weighted by molar-refractivity contribution is 0.0706. The number of anilines is 1. The van der Waals surface area contributed by atoms with Crippen LogP contribution in [0.15, 0.2) is 48.5 Å². The van der Waals surface area contributed by atoms with Gasteiger partial charge < -0.3 is 10.2 Å². The van der Waals surface area contributed by atoms with Gasteiger partial charge in [0.15, 0.2) is 0 Å². The molecular weight excluding hydrogens is 337 g/mol. The largest absolute Gasteiger partial charge is 0.322 e. The Hall–Kier alpha value is -2.93. The summed E-state index contributed by atoms with van der Waals surface area (Å²) < 4.78 is 13.3. The molecule has 2 aromatic carbocycles. The maximum Gasteiger partial charge on any atom is 0.322 e. The lowest BCUT2D eigenvalue weighted by Gasteiger charge is -2.23. The van der Waals surface area contributed by atoms with Crippen molar-refractivity contribution in [2.45, 2.75) is 26.3 Å². The first-order valence-electron chi connectivity index (χ1n) is 8.38. The van der Waals surface area contributed by atoms with Crippen LogP contribution in [-0.2, 0) is 6.54 Å². The Bertz CT molecular complexity index is 750. The van der Waals surface area contributed by atoms with Gasteiger partial charge in [-0.05, 0) is 42.3 Å². The van der Waals surface area contributed by atoms with E-state index in [-0.39, 0.29) is 6.03 Å². The summed E-state index contributed by atoms with van der Waals surface area (Å²) in [6.45, 7) is 2.93. The fraction of sp³-hybridized carbons (Fsp3) is 0.263. The summed E-state index contributed by atoms with van der Waals surface area (Å²) in [5.41, 5.74) is 3.13. The second-order valence-corrected chi connectivity index (χ2v) is 5.85. The molecular formula is C19H22FN3O3. The summed E-state index contributed by atoms with van der Waals surface area (Å²) in [6.07, 6.45) is 1.76. The molecule has 7 heteroatoms. The standard InChI is InChI=1S/C19H22FN3O3/c1-2-3-11-23(19(25)21-17-6-4-5-16(20)12-17)13-14-7-9-15(10-8-14)18(24)22-26/h4-10,12,26H,2-3,11,13H2,1H3,(H,21,25)(H,22,24). The molecule has 0 spiro atoms. The van der Waals surface area contributed by atoms with E-state index in [2.05, 4.69) is 5.32 Å².